The summed E-state index contributed by atoms with van der Waals surface area (Å²) in [6, 6.07) is 16.2. The third-order valence-electron chi connectivity index (χ3n) is 5.78. The molecule has 2 aromatic carbocycles. The van der Waals surface area contributed by atoms with Crippen LogP contribution in [0.2, 0.25) is 0 Å². The predicted molar refractivity (Wildman–Crippen MR) is 125 cm³/mol. The summed E-state index contributed by atoms with van der Waals surface area (Å²) in [7, 11) is 0. The second-order valence-corrected chi connectivity index (χ2v) is 8.58. The van der Waals surface area contributed by atoms with Crippen LogP contribution in [-0.2, 0) is 11.3 Å². The Morgan fingerprint density at radius 2 is 1.72 bits per heavy atom. The number of aromatic nitrogens is 2. The van der Waals surface area contributed by atoms with Crippen LogP contribution >= 0.6 is 11.3 Å². The van der Waals surface area contributed by atoms with Crippen LogP contribution in [0.1, 0.15) is 0 Å². The Kier molecular flexibility index (Phi) is 5.45. The Bertz CT molecular complexity index is 1310. The number of nitrogens with zero attached hydrogens (tertiary/aromatic N) is 4. The molecule has 3 heterocycles. The first-order valence-corrected chi connectivity index (χ1v) is 11.3. The van der Waals surface area contributed by atoms with Crippen molar-refractivity contribution in [1.82, 2.24) is 14.5 Å². The van der Waals surface area contributed by atoms with Crippen molar-refractivity contribution in [2.24, 2.45) is 0 Å². The number of carbonyl (C=O) groups is 1. The number of amides is 1. The molecule has 0 N–H and O–H groups in total. The molecule has 0 bridgehead atoms. The molecule has 6 nitrogen and oxygen atoms in total. The molecular formula is C24H21FN4O2S. The summed E-state index contributed by atoms with van der Waals surface area (Å²) in [6.07, 6.45) is 1.44. The van der Waals surface area contributed by atoms with E-state index in [0.717, 1.165) is 24.3 Å². The molecule has 5 rings (SSSR count). The Morgan fingerprint density at radius 1 is 1.00 bits per heavy atom. The summed E-state index contributed by atoms with van der Waals surface area (Å²) in [5.74, 6) is -0.429. The molecule has 32 heavy (non-hydrogen) atoms. The standard InChI is InChI=1S/C24H21FN4O2S/c25-18-8-6-17(7-9-18)20-15-32-23-22(20)24(31)29(16-26-23)14-21(30)28-12-10-27(11-13-28)19-4-2-1-3-5-19/h1-9,15-16H,10-14H2. The van der Waals surface area contributed by atoms with Gasteiger partial charge >= 0.3 is 0 Å². The highest BCUT2D eigenvalue weighted by molar-refractivity contribution is 7.17. The SMILES string of the molecule is O=C(Cn1cnc2scc(-c3ccc(F)cc3)c2c1=O)N1CCN(c2ccccc2)CC1. The topological polar surface area (TPSA) is 58.4 Å². The lowest BCUT2D eigenvalue weighted by Crippen LogP contribution is -2.50. The van der Waals surface area contributed by atoms with Gasteiger partial charge in [-0.1, -0.05) is 30.3 Å². The van der Waals surface area contributed by atoms with Crippen molar-refractivity contribution in [1.29, 1.82) is 0 Å². The van der Waals surface area contributed by atoms with Crippen LogP contribution in [0.25, 0.3) is 21.3 Å². The second kappa shape index (κ2) is 8.55. The van der Waals surface area contributed by atoms with E-state index in [-0.39, 0.29) is 23.8 Å². The van der Waals surface area contributed by atoms with Gasteiger partial charge in [-0.05, 0) is 29.8 Å². The number of fused-ring (bicyclic) bond motifs is 1. The van der Waals surface area contributed by atoms with Gasteiger partial charge < -0.3 is 9.80 Å². The van der Waals surface area contributed by atoms with Gasteiger partial charge in [0.2, 0.25) is 5.91 Å². The maximum absolute atomic E-state index is 13.3. The number of hydrogen-bond donors (Lipinski definition) is 0. The zero-order valence-corrected chi connectivity index (χ0v) is 18.1. The van der Waals surface area contributed by atoms with Gasteiger partial charge in [0.05, 0.1) is 11.7 Å². The average Bonchev–Trinajstić information content (AvgIpc) is 3.27. The van der Waals surface area contributed by atoms with Gasteiger partial charge in [0.1, 0.15) is 17.2 Å². The van der Waals surface area contributed by atoms with E-state index in [1.54, 1.807) is 17.0 Å². The number of para-hydroxylation sites is 1. The van der Waals surface area contributed by atoms with Gasteiger partial charge in [-0.3, -0.25) is 14.2 Å². The molecule has 0 radical (unpaired) electrons. The molecule has 162 valence electrons. The van der Waals surface area contributed by atoms with E-state index >= 15 is 0 Å². The minimum Gasteiger partial charge on any atom is -0.368 e. The van der Waals surface area contributed by atoms with E-state index in [4.69, 9.17) is 0 Å². The van der Waals surface area contributed by atoms with Gasteiger partial charge in [-0.2, -0.15) is 0 Å². The number of piperazine rings is 1. The van der Waals surface area contributed by atoms with Gasteiger partial charge in [-0.25, -0.2) is 9.37 Å². The molecule has 0 spiro atoms. The normalized spacial score (nSPS) is 14.2. The number of benzene rings is 2. The molecule has 0 saturated carbocycles. The Morgan fingerprint density at radius 3 is 2.44 bits per heavy atom. The van der Waals surface area contributed by atoms with Crippen LogP contribution in [0.4, 0.5) is 10.1 Å². The molecule has 1 amide bonds. The van der Waals surface area contributed by atoms with E-state index in [9.17, 15) is 14.0 Å². The summed E-state index contributed by atoms with van der Waals surface area (Å²) in [4.78, 5) is 35.1. The van der Waals surface area contributed by atoms with Crippen molar-refractivity contribution in [3.05, 3.63) is 82.5 Å². The number of halogens is 1. The van der Waals surface area contributed by atoms with Gasteiger partial charge in [0.25, 0.3) is 5.56 Å². The third kappa shape index (κ3) is 3.89. The van der Waals surface area contributed by atoms with Crippen LogP contribution in [0.5, 0.6) is 0 Å². The van der Waals surface area contributed by atoms with E-state index in [0.29, 0.717) is 28.9 Å². The molecule has 0 aliphatic carbocycles. The van der Waals surface area contributed by atoms with Gasteiger partial charge in [0.15, 0.2) is 0 Å². The first-order chi connectivity index (χ1) is 15.6. The van der Waals surface area contributed by atoms with Crippen LogP contribution in [0.15, 0.2) is 71.1 Å². The van der Waals surface area contributed by atoms with Gasteiger partial charge in [0, 0.05) is 42.8 Å². The third-order valence-corrected chi connectivity index (χ3v) is 6.66. The van der Waals surface area contributed by atoms with Crippen LogP contribution in [0.3, 0.4) is 0 Å². The number of anilines is 1. The highest BCUT2D eigenvalue weighted by Crippen LogP contribution is 2.30. The van der Waals surface area contributed by atoms with Crippen LogP contribution in [0, 0.1) is 5.82 Å². The van der Waals surface area contributed by atoms with E-state index < -0.39 is 0 Å². The maximum atomic E-state index is 13.3. The summed E-state index contributed by atoms with van der Waals surface area (Å²) in [5.41, 5.74) is 2.35. The lowest BCUT2D eigenvalue weighted by molar-refractivity contribution is -0.132. The predicted octanol–water partition coefficient (Wildman–Crippen LogP) is 3.61. The number of thiophene rings is 1. The first kappa shape index (κ1) is 20.4. The second-order valence-electron chi connectivity index (χ2n) is 7.72. The van der Waals surface area contributed by atoms with E-state index in [1.807, 2.05) is 23.6 Å². The summed E-state index contributed by atoms with van der Waals surface area (Å²) >= 11 is 1.36. The minimum atomic E-state index is -0.332. The quantitative estimate of drug-likeness (QED) is 0.479. The average molecular weight is 449 g/mol. The summed E-state index contributed by atoms with van der Waals surface area (Å²) in [5, 5.41) is 2.31. The highest BCUT2D eigenvalue weighted by Gasteiger charge is 2.22. The van der Waals surface area contributed by atoms with Crippen molar-refractivity contribution in [2.45, 2.75) is 6.54 Å². The zero-order valence-electron chi connectivity index (χ0n) is 17.3. The number of carbonyl (C=O) groups excluding carboxylic acids is 1. The molecule has 1 saturated heterocycles. The number of hydrogen-bond acceptors (Lipinski definition) is 5. The monoisotopic (exact) mass is 448 g/mol. The lowest BCUT2D eigenvalue weighted by Gasteiger charge is -2.36. The molecule has 1 aliphatic heterocycles. The Labute approximate surface area is 188 Å². The van der Waals surface area contributed by atoms with Crippen LogP contribution < -0.4 is 10.5 Å². The van der Waals surface area contributed by atoms with E-state index in [2.05, 4.69) is 22.0 Å². The molecule has 4 aromatic rings. The Hall–Kier alpha value is -3.52. The zero-order chi connectivity index (χ0) is 22.1. The van der Waals surface area contributed by atoms with E-state index in [1.165, 1.54) is 34.4 Å². The molecule has 1 fully saturated rings. The van der Waals surface area contributed by atoms with Gasteiger partial charge in [-0.15, -0.1) is 11.3 Å². The lowest BCUT2D eigenvalue weighted by atomic mass is 10.1. The molecule has 0 atom stereocenters. The Balaban J connectivity index is 1.34. The highest BCUT2D eigenvalue weighted by atomic mass is 32.1. The van der Waals surface area contributed by atoms with Crippen molar-refractivity contribution in [3.63, 3.8) is 0 Å². The molecular weight excluding hydrogens is 427 g/mol. The first-order valence-electron chi connectivity index (χ1n) is 10.4. The molecule has 1 aliphatic rings. The fourth-order valence-electron chi connectivity index (χ4n) is 4.02. The number of rotatable bonds is 4. The fourth-order valence-corrected chi connectivity index (χ4v) is 4.93. The van der Waals surface area contributed by atoms with Crippen LogP contribution in [-0.4, -0.2) is 46.5 Å². The minimum absolute atomic E-state index is 0.0498. The van der Waals surface area contributed by atoms with Crippen molar-refractivity contribution >= 4 is 33.1 Å². The summed E-state index contributed by atoms with van der Waals surface area (Å²) in [6.45, 7) is 2.67. The molecule has 8 heteroatoms. The molecule has 2 aromatic heterocycles. The van der Waals surface area contributed by atoms with Crippen molar-refractivity contribution in [3.8, 4) is 11.1 Å². The van der Waals surface area contributed by atoms with Crippen molar-refractivity contribution < 1.29 is 9.18 Å². The molecule has 0 unspecified atom stereocenters. The van der Waals surface area contributed by atoms with Crippen molar-refractivity contribution in [2.75, 3.05) is 31.1 Å². The largest absolute Gasteiger partial charge is 0.368 e. The smallest absolute Gasteiger partial charge is 0.263 e. The maximum Gasteiger partial charge on any atom is 0.263 e. The summed E-state index contributed by atoms with van der Waals surface area (Å²) < 4.78 is 14.7. The fraction of sp³-hybridized carbons (Fsp3) is 0.208.